The number of hydrogen-bond acceptors (Lipinski definition) is 3. The molecular formula is C12H21N2O2. The van der Waals surface area contributed by atoms with Gasteiger partial charge in [0, 0.05) is 18.8 Å². The summed E-state index contributed by atoms with van der Waals surface area (Å²) in [6.07, 6.45) is 2.75. The second-order valence-corrected chi connectivity index (χ2v) is 4.32. The van der Waals surface area contributed by atoms with Crippen molar-refractivity contribution in [1.82, 2.24) is 4.90 Å². The third-order valence-electron chi connectivity index (χ3n) is 3.11. The summed E-state index contributed by atoms with van der Waals surface area (Å²) in [5.41, 5.74) is 0.0399. The number of carbonyl (C=O) groups is 1. The van der Waals surface area contributed by atoms with E-state index in [1.807, 2.05) is 11.8 Å². The van der Waals surface area contributed by atoms with Crippen molar-refractivity contribution >= 4 is 11.6 Å². The first kappa shape index (κ1) is 13.2. The van der Waals surface area contributed by atoms with Gasteiger partial charge in [0.15, 0.2) is 0 Å². The Morgan fingerprint density at radius 2 is 2.00 bits per heavy atom. The number of amides is 1. The molecule has 1 aliphatic rings. The van der Waals surface area contributed by atoms with Gasteiger partial charge in [0.1, 0.15) is 0 Å². The summed E-state index contributed by atoms with van der Waals surface area (Å²) < 4.78 is 0. The summed E-state index contributed by atoms with van der Waals surface area (Å²) >= 11 is 0. The lowest BCUT2D eigenvalue weighted by Crippen LogP contribution is -2.43. The van der Waals surface area contributed by atoms with Crippen LogP contribution in [0.5, 0.6) is 0 Å². The minimum absolute atomic E-state index is 0.0186. The summed E-state index contributed by atoms with van der Waals surface area (Å²) in [7, 11) is 0. The highest BCUT2D eigenvalue weighted by Crippen LogP contribution is 2.16. The highest BCUT2D eigenvalue weighted by molar-refractivity contribution is 6.04. The zero-order chi connectivity index (χ0) is 12.1. The lowest BCUT2D eigenvalue weighted by molar-refractivity contribution is -0.134. The van der Waals surface area contributed by atoms with Crippen molar-refractivity contribution in [3.05, 3.63) is 6.92 Å². The average Bonchev–Trinajstić information content (AvgIpc) is 2.30. The van der Waals surface area contributed by atoms with Crippen molar-refractivity contribution in [2.75, 3.05) is 13.1 Å². The summed E-state index contributed by atoms with van der Waals surface area (Å²) in [6, 6.07) is 0. The molecule has 91 valence electrons. The van der Waals surface area contributed by atoms with Crippen LogP contribution in [0, 0.1) is 18.3 Å². The first-order chi connectivity index (χ1) is 7.57. The van der Waals surface area contributed by atoms with Crippen LogP contribution >= 0.6 is 0 Å². The molecule has 16 heavy (non-hydrogen) atoms. The Balaban J connectivity index is 2.64. The number of carbonyl (C=O) groups excluding carboxylic acids is 1. The standard InChI is InChI=1S/C12H21N2O2/c1-3-10(11(13)9(2)15)12(16)14-7-5-4-6-8-14/h9-10,13,15H,2-8H2,1H3. The monoisotopic (exact) mass is 225 g/mol. The van der Waals surface area contributed by atoms with E-state index in [1.165, 1.54) is 6.42 Å². The molecule has 2 unspecified atom stereocenters. The third-order valence-corrected chi connectivity index (χ3v) is 3.11. The number of piperidine rings is 1. The van der Waals surface area contributed by atoms with Gasteiger partial charge in [-0.3, -0.25) is 4.79 Å². The van der Waals surface area contributed by atoms with E-state index in [4.69, 9.17) is 5.41 Å². The van der Waals surface area contributed by atoms with Gasteiger partial charge < -0.3 is 15.4 Å². The predicted molar refractivity (Wildman–Crippen MR) is 63.3 cm³/mol. The van der Waals surface area contributed by atoms with Crippen molar-refractivity contribution in [1.29, 1.82) is 5.41 Å². The molecular weight excluding hydrogens is 204 g/mol. The van der Waals surface area contributed by atoms with Crippen LogP contribution in [0.4, 0.5) is 0 Å². The highest BCUT2D eigenvalue weighted by Gasteiger charge is 2.29. The van der Waals surface area contributed by atoms with Crippen LogP contribution in [-0.2, 0) is 4.79 Å². The lowest BCUT2D eigenvalue weighted by Gasteiger charge is -2.30. The maximum absolute atomic E-state index is 12.1. The van der Waals surface area contributed by atoms with Gasteiger partial charge in [0.2, 0.25) is 5.91 Å². The number of likely N-dealkylation sites (tertiary alicyclic amines) is 1. The third kappa shape index (κ3) is 3.04. The number of aliphatic hydroxyl groups excluding tert-OH is 1. The van der Waals surface area contributed by atoms with E-state index in [-0.39, 0.29) is 11.6 Å². The molecule has 1 saturated heterocycles. The number of rotatable bonds is 4. The summed E-state index contributed by atoms with van der Waals surface area (Å²) in [6.45, 7) is 6.83. The number of nitrogens with one attached hydrogen (secondary N) is 1. The van der Waals surface area contributed by atoms with Gasteiger partial charge in [0.05, 0.1) is 12.0 Å². The topological polar surface area (TPSA) is 64.4 Å². The number of hydrogen-bond donors (Lipinski definition) is 2. The molecule has 0 saturated carbocycles. The molecule has 2 atom stereocenters. The van der Waals surface area contributed by atoms with E-state index in [0.29, 0.717) is 6.42 Å². The first-order valence-corrected chi connectivity index (χ1v) is 5.96. The van der Waals surface area contributed by atoms with Gasteiger partial charge >= 0.3 is 0 Å². The fourth-order valence-corrected chi connectivity index (χ4v) is 2.09. The first-order valence-electron chi connectivity index (χ1n) is 5.96. The molecule has 2 N–H and O–H groups in total. The Bertz CT molecular complexity index is 258. The molecule has 0 aliphatic carbocycles. The molecule has 4 nitrogen and oxygen atoms in total. The Morgan fingerprint density at radius 3 is 2.44 bits per heavy atom. The molecule has 1 rings (SSSR count). The van der Waals surface area contributed by atoms with Gasteiger partial charge in [-0.05, 0) is 32.6 Å². The second kappa shape index (κ2) is 5.99. The Labute approximate surface area is 97.1 Å². The summed E-state index contributed by atoms with van der Waals surface area (Å²) in [4.78, 5) is 13.9. The lowest BCUT2D eigenvalue weighted by atomic mass is 9.94. The maximum atomic E-state index is 12.1. The van der Waals surface area contributed by atoms with Crippen molar-refractivity contribution < 1.29 is 9.90 Å². The molecule has 0 bridgehead atoms. The molecule has 1 heterocycles. The zero-order valence-corrected chi connectivity index (χ0v) is 9.91. The normalized spacial score (nSPS) is 20.3. The van der Waals surface area contributed by atoms with Crippen molar-refractivity contribution in [2.45, 2.75) is 38.7 Å². The van der Waals surface area contributed by atoms with Crippen LogP contribution in [0.2, 0.25) is 0 Å². The number of nitrogens with zero attached hydrogens (tertiary/aromatic N) is 1. The van der Waals surface area contributed by atoms with Gasteiger partial charge in [-0.25, -0.2) is 0 Å². The van der Waals surface area contributed by atoms with E-state index in [2.05, 4.69) is 6.92 Å². The maximum Gasteiger partial charge on any atom is 0.231 e. The average molecular weight is 225 g/mol. The van der Waals surface area contributed by atoms with Crippen LogP contribution in [0.3, 0.4) is 0 Å². The minimum atomic E-state index is -1.07. The van der Waals surface area contributed by atoms with E-state index < -0.39 is 12.0 Å². The van der Waals surface area contributed by atoms with Gasteiger partial charge in [0.25, 0.3) is 0 Å². The SMILES string of the molecule is [CH2]C(O)C(=N)C(CC)C(=O)N1CCCCC1. The molecule has 4 heteroatoms. The van der Waals surface area contributed by atoms with Crippen LogP contribution in [-0.4, -0.2) is 40.8 Å². The van der Waals surface area contributed by atoms with Gasteiger partial charge in [-0.15, -0.1) is 0 Å². The fraction of sp³-hybridized carbons (Fsp3) is 0.750. The fourth-order valence-electron chi connectivity index (χ4n) is 2.09. The van der Waals surface area contributed by atoms with Gasteiger partial charge in [-0.2, -0.15) is 0 Å². The molecule has 0 spiro atoms. The van der Waals surface area contributed by atoms with E-state index >= 15 is 0 Å². The molecule has 1 amide bonds. The molecule has 1 radical (unpaired) electrons. The van der Waals surface area contributed by atoms with Crippen LogP contribution < -0.4 is 0 Å². The number of aliphatic hydroxyl groups is 1. The Kier molecular flexibility index (Phi) is 4.93. The van der Waals surface area contributed by atoms with Crippen LogP contribution in [0.15, 0.2) is 0 Å². The van der Waals surface area contributed by atoms with E-state index in [1.54, 1.807) is 0 Å². The molecule has 0 aromatic heterocycles. The summed E-state index contributed by atoms with van der Waals surface area (Å²) in [5, 5.41) is 17.0. The second-order valence-electron chi connectivity index (χ2n) is 4.32. The van der Waals surface area contributed by atoms with Crippen LogP contribution in [0.25, 0.3) is 0 Å². The highest BCUT2D eigenvalue weighted by atomic mass is 16.3. The predicted octanol–water partition coefficient (Wildman–Crippen LogP) is 1.24. The van der Waals surface area contributed by atoms with Crippen molar-refractivity contribution in [2.24, 2.45) is 5.92 Å². The Hall–Kier alpha value is -0.900. The summed E-state index contributed by atoms with van der Waals surface area (Å²) in [5.74, 6) is -0.513. The quantitative estimate of drug-likeness (QED) is 0.707. The Morgan fingerprint density at radius 1 is 1.44 bits per heavy atom. The van der Waals surface area contributed by atoms with Crippen LogP contribution in [0.1, 0.15) is 32.6 Å². The zero-order valence-electron chi connectivity index (χ0n) is 9.91. The van der Waals surface area contributed by atoms with Crippen molar-refractivity contribution in [3.8, 4) is 0 Å². The van der Waals surface area contributed by atoms with Gasteiger partial charge in [-0.1, -0.05) is 6.92 Å². The molecule has 1 fully saturated rings. The smallest absolute Gasteiger partial charge is 0.231 e. The molecule has 1 aliphatic heterocycles. The minimum Gasteiger partial charge on any atom is -0.387 e. The molecule has 0 aromatic carbocycles. The molecule has 0 aromatic rings. The van der Waals surface area contributed by atoms with E-state index in [9.17, 15) is 9.90 Å². The largest absolute Gasteiger partial charge is 0.387 e. The van der Waals surface area contributed by atoms with E-state index in [0.717, 1.165) is 25.9 Å². The van der Waals surface area contributed by atoms with Crippen molar-refractivity contribution in [3.63, 3.8) is 0 Å².